The van der Waals surface area contributed by atoms with E-state index in [1.807, 2.05) is 126 Å². The van der Waals surface area contributed by atoms with Crippen molar-refractivity contribution < 1.29 is 29.0 Å². The van der Waals surface area contributed by atoms with E-state index in [0.717, 1.165) is 27.6 Å². The molecule has 304 valence electrons. The second-order valence-corrected chi connectivity index (χ2v) is 16.2. The van der Waals surface area contributed by atoms with Crippen molar-refractivity contribution in [2.45, 2.75) is 97.1 Å². The van der Waals surface area contributed by atoms with Crippen LogP contribution < -0.4 is 21.3 Å². The van der Waals surface area contributed by atoms with E-state index < -0.39 is 53.6 Å². The molecule has 0 radical (unpaired) electrons. The van der Waals surface area contributed by atoms with Gasteiger partial charge in [0.15, 0.2) is 0 Å². The molecule has 0 saturated carbocycles. The molecule has 1 saturated heterocycles. The van der Waals surface area contributed by atoms with Gasteiger partial charge in [0.1, 0.15) is 6.04 Å². The Kier molecular flexibility index (Phi) is 14.7. The van der Waals surface area contributed by atoms with Gasteiger partial charge in [-0.2, -0.15) is 0 Å². The summed E-state index contributed by atoms with van der Waals surface area (Å²) in [5, 5.41) is 25.0. The van der Waals surface area contributed by atoms with E-state index in [0.29, 0.717) is 32.4 Å². The van der Waals surface area contributed by atoms with Crippen molar-refractivity contribution in [3.63, 3.8) is 0 Å². The molecule has 1 fully saturated rings. The monoisotopic (exact) mass is 778 g/mol. The highest BCUT2D eigenvalue weighted by Gasteiger charge is 2.43. The summed E-state index contributed by atoms with van der Waals surface area (Å²) in [6.45, 7) is 10.2. The number of amides is 5. The fourth-order valence-corrected chi connectivity index (χ4v) is 7.72. The molecule has 0 bridgehead atoms. The van der Waals surface area contributed by atoms with Crippen LogP contribution in [0.4, 0.5) is 9.59 Å². The Bertz CT molecular complexity index is 1950. The molecule has 7 atom stereocenters. The van der Waals surface area contributed by atoms with E-state index in [9.17, 15) is 24.3 Å². The number of benzene rings is 3. The Balaban J connectivity index is 1.42. The second kappa shape index (κ2) is 19.6. The predicted molar refractivity (Wildman–Crippen MR) is 221 cm³/mol. The van der Waals surface area contributed by atoms with Crippen LogP contribution in [-0.4, -0.2) is 82.9 Å². The highest BCUT2D eigenvalue weighted by Crippen LogP contribution is 2.30. The first kappa shape index (κ1) is 42.6. The number of ether oxygens (including phenoxy) is 1. The smallest absolute Gasteiger partial charge is 0.407 e. The number of nitrogens with zero attached hydrogens (tertiary/aromatic N) is 2. The lowest BCUT2D eigenvalue weighted by atomic mass is 9.83. The average molecular weight is 779 g/mol. The van der Waals surface area contributed by atoms with Gasteiger partial charge in [-0.15, -0.1) is 0 Å². The maximum Gasteiger partial charge on any atom is 0.407 e. The van der Waals surface area contributed by atoms with Crippen LogP contribution in [0.25, 0.3) is 10.9 Å². The van der Waals surface area contributed by atoms with Gasteiger partial charge in [0, 0.05) is 30.7 Å². The number of alkyl carbamates (subject to hydrolysis) is 1. The minimum atomic E-state index is -1.10. The van der Waals surface area contributed by atoms with E-state index in [4.69, 9.17) is 4.74 Å². The molecule has 3 aromatic carbocycles. The normalized spacial score (nSPS) is 17.4. The second-order valence-electron chi connectivity index (χ2n) is 16.2. The van der Waals surface area contributed by atoms with Gasteiger partial charge in [0.2, 0.25) is 11.8 Å². The maximum atomic E-state index is 14.7. The number of methoxy groups -OCH3 is 1. The average Bonchev–Trinajstić information content (AvgIpc) is 3.55. The summed E-state index contributed by atoms with van der Waals surface area (Å²) in [5.41, 5.74) is 2.97. The number of urea groups is 1. The zero-order valence-electron chi connectivity index (χ0n) is 33.9. The number of para-hydroxylation sites is 1. The molecule has 1 aliphatic heterocycles. The Labute approximate surface area is 336 Å². The summed E-state index contributed by atoms with van der Waals surface area (Å²) in [6, 6.07) is 26.1. The first-order valence-corrected chi connectivity index (χ1v) is 19.9. The van der Waals surface area contributed by atoms with Crippen LogP contribution in [0.15, 0.2) is 97.2 Å². The molecular weight excluding hydrogens is 721 g/mol. The third-order valence-corrected chi connectivity index (χ3v) is 11.0. The summed E-state index contributed by atoms with van der Waals surface area (Å²) >= 11 is 0. The topological polar surface area (TPSA) is 162 Å². The quantitative estimate of drug-likeness (QED) is 0.0910. The van der Waals surface area contributed by atoms with Crippen molar-refractivity contribution in [1.82, 2.24) is 31.2 Å². The molecule has 7 unspecified atom stereocenters. The van der Waals surface area contributed by atoms with Crippen LogP contribution in [-0.2, 0) is 33.7 Å². The van der Waals surface area contributed by atoms with Crippen molar-refractivity contribution >= 4 is 34.8 Å². The predicted octanol–water partition coefficient (Wildman–Crippen LogP) is 5.77. The minimum absolute atomic E-state index is 0.0801. The zero-order chi connectivity index (χ0) is 41.1. The standard InChI is InChI=1S/C45H58N6O6/c1-7-29(2)39(37-27-47-43(55)51(37)28-32-22-23-46-35-21-15-14-20-34(32)35)41(53)48-33(24-30-16-10-8-11-17-30)26-38(52)36(25-31-18-12-9-13-19-31)49-42(54)40(45(3,4)5)50-44(56)57-6/h8-23,29,33,36-40,52H,7,24-28H2,1-6H3,(H,47,55)(H,48,53)(H,49,54)(H,50,56). The molecule has 1 aromatic heterocycles. The van der Waals surface area contributed by atoms with Gasteiger partial charge in [-0.05, 0) is 59.4 Å². The molecule has 5 amide bonds. The Hall–Kier alpha value is -5.49. The number of rotatable bonds is 17. The summed E-state index contributed by atoms with van der Waals surface area (Å²) in [6.07, 6.45) is 1.45. The number of hydrogen-bond donors (Lipinski definition) is 5. The SMILES string of the molecule is CCC(C)C(C(=O)NC(Cc1ccccc1)CC(O)C(Cc1ccccc1)NC(=O)C(NC(=O)OC)C(C)(C)C)C1CNC(=O)N1Cc1ccnc2ccccc12. The third kappa shape index (κ3) is 11.3. The van der Waals surface area contributed by atoms with E-state index in [2.05, 4.69) is 26.3 Å². The summed E-state index contributed by atoms with van der Waals surface area (Å²) in [7, 11) is 1.24. The number of fused-ring (bicyclic) bond motifs is 1. The molecular formula is C45H58N6O6. The summed E-state index contributed by atoms with van der Waals surface area (Å²) < 4.78 is 4.81. The van der Waals surface area contributed by atoms with Crippen LogP contribution >= 0.6 is 0 Å². The molecule has 5 N–H and O–H groups in total. The number of pyridine rings is 1. The lowest BCUT2D eigenvalue weighted by Gasteiger charge is -2.35. The van der Waals surface area contributed by atoms with Crippen molar-refractivity contribution in [3.8, 4) is 0 Å². The molecule has 0 spiro atoms. The third-order valence-electron chi connectivity index (χ3n) is 11.0. The summed E-state index contributed by atoms with van der Waals surface area (Å²) in [5.74, 6) is -1.31. The fraction of sp³-hybridized carbons (Fsp3) is 0.444. The first-order chi connectivity index (χ1) is 27.3. The Morgan fingerprint density at radius 1 is 0.895 bits per heavy atom. The van der Waals surface area contributed by atoms with Gasteiger partial charge in [0.05, 0.1) is 36.7 Å². The number of aromatic nitrogens is 1. The van der Waals surface area contributed by atoms with E-state index in [1.165, 1.54) is 7.11 Å². The largest absolute Gasteiger partial charge is 0.453 e. The van der Waals surface area contributed by atoms with Crippen molar-refractivity contribution in [2.75, 3.05) is 13.7 Å². The van der Waals surface area contributed by atoms with E-state index in [-0.39, 0.29) is 24.3 Å². The molecule has 5 rings (SSSR count). The molecule has 4 aromatic rings. The Morgan fingerprint density at radius 2 is 1.53 bits per heavy atom. The van der Waals surface area contributed by atoms with Gasteiger partial charge in [-0.1, -0.05) is 120 Å². The van der Waals surface area contributed by atoms with Crippen LogP contribution in [0.2, 0.25) is 0 Å². The van der Waals surface area contributed by atoms with Crippen LogP contribution in [0.5, 0.6) is 0 Å². The Morgan fingerprint density at radius 3 is 2.16 bits per heavy atom. The highest BCUT2D eigenvalue weighted by molar-refractivity contribution is 5.87. The van der Waals surface area contributed by atoms with Crippen LogP contribution in [0.3, 0.4) is 0 Å². The van der Waals surface area contributed by atoms with Crippen LogP contribution in [0.1, 0.15) is 64.2 Å². The molecule has 12 nitrogen and oxygen atoms in total. The molecule has 2 heterocycles. The van der Waals surface area contributed by atoms with Gasteiger partial charge in [0.25, 0.3) is 0 Å². The molecule has 12 heteroatoms. The number of aliphatic hydroxyl groups is 1. The number of nitrogens with one attached hydrogen (secondary N) is 4. The van der Waals surface area contributed by atoms with Gasteiger partial charge < -0.3 is 36.0 Å². The van der Waals surface area contributed by atoms with Gasteiger partial charge in [-0.3, -0.25) is 14.6 Å². The van der Waals surface area contributed by atoms with E-state index >= 15 is 0 Å². The molecule has 1 aliphatic rings. The maximum absolute atomic E-state index is 14.7. The zero-order valence-corrected chi connectivity index (χ0v) is 33.9. The highest BCUT2D eigenvalue weighted by atomic mass is 16.5. The van der Waals surface area contributed by atoms with Crippen molar-refractivity contribution in [2.24, 2.45) is 17.3 Å². The van der Waals surface area contributed by atoms with Crippen molar-refractivity contribution in [3.05, 3.63) is 114 Å². The van der Waals surface area contributed by atoms with Gasteiger partial charge in [-0.25, -0.2) is 9.59 Å². The fourth-order valence-electron chi connectivity index (χ4n) is 7.72. The lowest BCUT2D eigenvalue weighted by molar-refractivity contribution is -0.130. The first-order valence-electron chi connectivity index (χ1n) is 19.9. The number of hydrogen-bond acceptors (Lipinski definition) is 7. The lowest BCUT2D eigenvalue weighted by Crippen LogP contribution is -2.58. The minimum Gasteiger partial charge on any atom is -0.453 e. The van der Waals surface area contributed by atoms with Gasteiger partial charge >= 0.3 is 12.1 Å². The molecule has 0 aliphatic carbocycles. The summed E-state index contributed by atoms with van der Waals surface area (Å²) in [4.78, 5) is 60.6. The number of carbonyl (C=O) groups excluding carboxylic acids is 4. The van der Waals surface area contributed by atoms with Crippen LogP contribution in [0, 0.1) is 17.3 Å². The van der Waals surface area contributed by atoms with E-state index in [1.54, 1.807) is 11.1 Å². The number of carbonyl (C=O) groups is 4. The molecule has 57 heavy (non-hydrogen) atoms. The number of aliphatic hydroxyl groups excluding tert-OH is 1. The van der Waals surface area contributed by atoms with Crippen molar-refractivity contribution in [1.29, 1.82) is 0 Å².